The number of rotatable bonds is 7. The Hall–Kier alpha value is -1.88. The molecule has 0 bridgehead atoms. The van der Waals surface area contributed by atoms with Crippen LogP contribution in [0.1, 0.15) is 0 Å². The van der Waals surface area contributed by atoms with Gasteiger partial charge in [-0.2, -0.15) is 8.42 Å². The number of ether oxygens (including phenoxy) is 1. The van der Waals surface area contributed by atoms with Crippen LogP contribution in [-0.2, 0) is 20.2 Å². The molecule has 25 heavy (non-hydrogen) atoms. The van der Waals surface area contributed by atoms with E-state index in [9.17, 15) is 20.7 Å². The Bertz CT molecular complexity index is 980. The van der Waals surface area contributed by atoms with Crippen LogP contribution >= 0.6 is 11.6 Å². The van der Waals surface area contributed by atoms with Gasteiger partial charge in [0.05, 0.1) is 14.8 Å². The first-order valence-electron chi connectivity index (χ1n) is 6.82. The normalized spacial score (nSPS) is 12.1. The summed E-state index contributed by atoms with van der Waals surface area (Å²) in [7, 11) is -9.03. The molecule has 0 heterocycles. The maximum atomic E-state index is 13.0. The Kier molecular flexibility index (Phi) is 5.88. The molecule has 0 aliphatic heterocycles. The molecule has 0 aromatic heterocycles. The third-order valence-electron chi connectivity index (χ3n) is 3.00. The van der Waals surface area contributed by atoms with E-state index in [1.54, 1.807) is 12.1 Å². The topological polar surface area (TPSA) is 116 Å². The number of halogens is 2. The van der Waals surface area contributed by atoms with Gasteiger partial charge in [0.25, 0.3) is 0 Å². The number of nitrogen functional groups attached to an aromatic ring is 1. The number of benzene rings is 2. The number of hydrogen-bond acceptors (Lipinski definition) is 6. The minimum Gasteiger partial charge on any atom is -0.491 e. The van der Waals surface area contributed by atoms with Crippen molar-refractivity contribution in [2.24, 2.45) is 0 Å². The zero-order valence-corrected chi connectivity index (χ0v) is 15.0. The Morgan fingerprint density at radius 1 is 1.08 bits per heavy atom. The first-order chi connectivity index (χ1) is 11.6. The van der Waals surface area contributed by atoms with Crippen molar-refractivity contribution < 1.29 is 25.5 Å². The first-order valence-corrected chi connectivity index (χ1v) is 10.1. The molecule has 0 saturated heterocycles. The molecule has 0 aliphatic carbocycles. The summed E-state index contributed by atoms with van der Waals surface area (Å²) in [6.45, 7) is -0.153. The average Bonchev–Trinajstić information content (AvgIpc) is 2.52. The van der Waals surface area contributed by atoms with E-state index in [1.165, 1.54) is 6.07 Å². The molecule has 0 radical (unpaired) electrons. The summed E-state index contributed by atoms with van der Waals surface area (Å²) in [5.41, 5.74) is 6.00. The Morgan fingerprint density at radius 3 is 2.40 bits per heavy atom. The average molecular weight is 409 g/mol. The van der Waals surface area contributed by atoms with E-state index in [2.05, 4.69) is 4.72 Å². The third kappa shape index (κ3) is 5.30. The monoisotopic (exact) mass is 408 g/mol. The zero-order valence-electron chi connectivity index (χ0n) is 12.6. The van der Waals surface area contributed by atoms with Gasteiger partial charge in [-0.25, -0.2) is 13.1 Å². The molecule has 2 aromatic rings. The summed E-state index contributed by atoms with van der Waals surface area (Å²) in [6, 6.07) is 8.58. The van der Waals surface area contributed by atoms with Crippen molar-refractivity contribution in [2.75, 3.05) is 18.9 Å². The largest absolute Gasteiger partial charge is 0.491 e. The molecule has 0 aliphatic rings. The van der Waals surface area contributed by atoms with Crippen molar-refractivity contribution in [2.45, 2.75) is 9.79 Å². The van der Waals surface area contributed by atoms with Gasteiger partial charge >= 0.3 is 10.2 Å². The quantitative estimate of drug-likeness (QED) is 0.411. The van der Waals surface area contributed by atoms with Gasteiger partial charge in [-0.05, 0) is 36.4 Å². The molecule has 0 atom stereocenters. The highest BCUT2D eigenvalue weighted by atomic mass is 35.5. The minimum absolute atomic E-state index is 0.0377. The zero-order chi connectivity index (χ0) is 18.7. The van der Waals surface area contributed by atoms with Gasteiger partial charge in [-0.1, -0.05) is 17.7 Å². The molecular formula is C14H14ClFN2O5S2. The number of anilines is 1. The Morgan fingerprint density at radius 2 is 1.76 bits per heavy atom. The third-order valence-corrected chi connectivity index (χ3v) is 5.58. The molecule has 0 saturated carbocycles. The number of hydrogen-bond donors (Lipinski definition) is 2. The maximum Gasteiger partial charge on any atom is 0.332 e. The fraction of sp³-hybridized carbons (Fsp3) is 0.143. The lowest BCUT2D eigenvalue weighted by atomic mass is 10.3. The van der Waals surface area contributed by atoms with Crippen LogP contribution < -0.4 is 15.2 Å². The van der Waals surface area contributed by atoms with E-state index in [1.807, 2.05) is 0 Å². The van der Waals surface area contributed by atoms with Gasteiger partial charge in [0.15, 0.2) is 0 Å². The smallest absolute Gasteiger partial charge is 0.332 e. The van der Waals surface area contributed by atoms with Crippen molar-refractivity contribution in [3.63, 3.8) is 0 Å². The summed E-state index contributed by atoms with van der Waals surface area (Å²) in [4.78, 5) is -1.11. The van der Waals surface area contributed by atoms with Crippen molar-refractivity contribution in [3.05, 3.63) is 47.5 Å². The van der Waals surface area contributed by atoms with E-state index < -0.39 is 25.1 Å². The summed E-state index contributed by atoms with van der Waals surface area (Å²) < 4.78 is 66.5. The predicted octanol–water partition coefficient (Wildman–Crippen LogP) is 1.94. The summed E-state index contributed by atoms with van der Waals surface area (Å²) >= 11 is 5.92. The van der Waals surface area contributed by atoms with E-state index in [0.29, 0.717) is 11.4 Å². The van der Waals surface area contributed by atoms with E-state index >= 15 is 0 Å². The van der Waals surface area contributed by atoms with Gasteiger partial charge in [-0.3, -0.25) is 0 Å². The van der Waals surface area contributed by atoms with E-state index in [0.717, 1.165) is 24.3 Å². The van der Waals surface area contributed by atoms with Crippen LogP contribution in [0.15, 0.2) is 52.3 Å². The fourth-order valence-corrected chi connectivity index (χ4v) is 3.73. The Balaban J connectivity index is 2.00. The van der Waals surface area contributed by atoms with Crippen LogP contribution in [0.25, 0.3) is 0 Å². The van der Waals surface area contributed by atoms with Crippen LogP contribution in [0.4, 0.5) is 9.57 Å². The molecule has 0 fully saturated rings. The molecule has 11 heteroatoms. The second-order valence-electron chi connectivity index (χ2n) is 4.85. The summed E-state index contributed by atoms with van der Waals surface area (Å²) in [5, 5.41) is 0.281. The second kappa shape index (κ2) is 7.56. The summed E-state index contributed by atoms with van der Waals surface area (Å²) in [5.74, 6) is 0.334. The molecule has 0 spiro atoms. The second-order valence-corrected chi connectivity index (χ2v) is 8.37. The van der Waals surface area contributed by atoms with Crippen LogP contribution in [0.5, 0.6) is 5.75 Å². The first kappa shape index (κ1) is 19.4. The van der Waals surface area contributed by atoms with Crippen LogP contribution in [0, 0.1) is 0 Å². The molecule has 0 amide bonds. The predicted molar refractivity (Wildman–Crippen MR) is 91.3 cm³/mol. The lowest BCUT2D eigenvalue weighted by Crippen LogP contribution is -2.28. The number of sulfonamides is 1. The van der Waals surface area contributed by atoms with Gasteiger partial charge in [0, 0.05) is 12.2 Å². The number of nitrogens with two attached hydrogens (primary N) is 1. The molecule has 2 rings (SSSR count). The highest BCUT2D eigenvalue weighted by Crippen LogP contribution is 2.26. The highest BCUT2D eigenvalue weighted by molar-refractivity contribution is 7.89. The minimum atomic E-state index is -5.00. The van der Waals surface area contributed by atoms with Crippen molar-refractivity contribution >= 4 is 37.5 Å². The lowest BCUT2D eigenvalue weighted by molar-refractivity contribution is 0.323. The van der Waals surface area contributed by atoms with Crippen LogP contribution in [0.3, 0.4) is 0 Å². The fourth-order valence-electron chi connectivity index (χ4n) is 1.85. The molecule has 3 N–H and O–H groups in total. The van der Waals surface area contributed by atoms with Crippen molar-refractivity contribution in [1.29, 1.82) is 0 Å². The van der Waals surface area contributed by atoms with Gasteiger partial charge in [0.2, 0.25) is 10.0 Å². The SMILES string of the molecule is Nc1ccc(OCCNS(=O)(=O)c2cccc(S(=O)(=O)F)c2)c(Cl)c1. The van der Waals surface area contributed by atoms with Gasteiger partial charge in [0.1, 0.15) is 12.4 Å². The molecule has 2 aromatic carbocycles. The highest BCUT2D eigenvalue weighted by Gasteiger charge is 2.18. The standard InChI is InChI=1S/C14H14ClFN2O5S2/c15-13-8-10(17)4-5-14(13)23-7-6-18-25(21,22)12-3-1-2-11(9-12)24(16,19)20/h1-5,8-9,18H,6-7,17H2. The van der Waals surface area contributed by atoms with Crippen LogP contribution in [-0.4, -0.2) is 30.0 Å². The van der Waals surface area contributed by atoms with Gasteiger partial charge < -0.3 is 10.5 Å². The molecular weight excluding hydrogens is 395 g/mol. The van der Waals surface area contributed by atoms with Gasteiger partial charge in [-0.15, -0.1) is 3.89 Å². The molecule has 7 nitrogen and oxygen atoms in total. The van der Waals surface area contributed by atoms with Crippen molar-refractivity contribution in [1.82, 2.24) is 4.72 Å². The van der Waals surface area contributed by atoms with E-state index in [4.69, 9.17) is 22.1 Å². The lowest BCUT2D eigenvalue weighted by Gasteiger charge is -2.10. The molecule has 136 valence electrons. The number of nitrogens with one attached hydrogen (secondary N) is 1. The van der Waals surface area contributed by atoms with E-state index in [-0.39, 0.29) is 23.1 Å². The Labute approximate surface area is 149 Å². The van der Waals surface area contributed by atoms with Crippen molar-refractivity contribution in [3.8, 4) is 5.75 Å². The maximum absolute atomic E-state index is 13.0. The van der Waals surface area contributed by atoms with Crippen LogP contribution in [0.2, 0.25) is 5.02 Å². The molecule has 0 unspecified atom stereocenters. The summed E-state index contributed by atoms with van der Waals surface area (Å²) in [6.07, 6.45) is 0.